The summed E-state index contributed by atoms with van der Waals surface area (Å²) < 4.78 is 26.6. The predicted molar refractivity (Wildman–Crippen MR) is 54.7 cm³/mol. The molecule has 0 N–H and O–H groups in total. The summed E-state index contributed by atoms with van der Waals surface area (Å²) in [5.74, 6) is 0. The van der Waals surface area contributed by atoms with E-state index in [4.69, 9.17) is 0 Å². The molecule has 0 bridgehead atoms. The lowest BCUT2D eigenvalue weighted by Gasteiger charge is -2.10. The Morgan fingerprint density at radius 3 is 1.79 bits per heavy atom. The highest BCUT2D eigenvalue weighted by molar-refractivity contribution is 5.26. The van der Waals surface area contributed by atoms with E-state index in [-0.39, 0.29) is 0 Å². The average molecular weight is 198 g/mol. The Bertz CT molecular complexity index is 258. The fourth-order valence-corrected chi connectivity index (χ4v) is 1.42. The molecule has 0 radical (unpaired) electrons. The molecule has 0 aliphatic heterocycles. The van der Waals surface area contributed by atoms with Gasteiger partial charge in [-0.15, -0.1) is 0 Å². The molecule has 0 saturated carbocycles. The van der Waals surface area contributed by atoms with Crippen LogP contribution in [0.25, 0.3) is 0 Å². The summed E-state index contributed by atoms with van der Waals surface area (Å²) in [6, 6.07) is 6.76. The number of alkyl halides is 2. The first-order valence-electron chi connectivity index (χ1n) is 5.07. The molecular formula is C12H16F2. The third kappa shape index (κ3) is 2.53. The molecule has 0 aromatic heterocycles. The van der Waals surface area contributed by atoms with E-state index in [1.54, 1.807) is 38.1 Å². The van der Waals surface area contributed by atoms with Gasteiger partial charge in [0.2, 0.25) is 0 Å². The molecule has 78 valence electrons. The Hall–Kier alpha value is -0.920. The summed E-state index contributed by atoms with van der Waals surface area (Å²) in [5.41, 5.74) is 1.17. The lowest BCUT2D eigenvalue weighted by molar-refractivity contribution is 0.325. The molecule has 14 heavy (non-hydrogen) atoms. The van der Waals surface area contributed by atoms with Crippen molar-refractivity contribution in [2.45, 2.75) is 39.0 Å². The molecule has 0 aliphatic rings. The number of rotatable bonds is 4. The summed E-state index contributed by atoms with van der Waals surface area (Å²) in [4.78, 5) is 0. The normalized spacial score (nSPS) is 15.1. The maximum atomic E-state index is 13.3. The van der Waals surface area contributed by atoms with Crippen LogP contribution in [0.5, 0.6) is 0 Å². The zero-order valence-corrected chi connectivity index (χ0v) is 8.63. The van der Waals surface area contributed by atoms with Crippen LogP contribution in [0.1, 0.15) is 50.2 Å². The van der Waals surface area contributed by atoms with Gasteiger partial charge >= 0.3 is 0 Å². The van der Waals surface area contributed by atoms with Crippen LogP contribution in [0.15, 0.2) is 24.3 Å². The molecular weight excluding hydrogens is 182 g/mol. The van der Waals surface area contributed by atoms with Crippen LogP contribution < -0.4 is 0 Å². The highest BCUT2D eigenvalue weighted by atomic mass is 19.1. The molecule has 2 unspecified atom stereocenters. The summed E-state index contributed by atoms with van der Waals surface area (Å²) in [6.07, 6.45) is -1.07. The highest BCUT2D eigenvalue weighted by Crippen LogP contribution is 2.26. The van der Waals surface area contributed by atoms with Crippen LogP contribution in [0, 0.1) is 0 Å². The van der Waals surface area contributed by atoms with Gasteiger partial charge in [0.15, 0.2) is 0 Å². The Morgan fingerprint density at radius 1 is 1.00 bits per heavy atom. The number of hydrogen-bond acceptors (Lipinski definition) is 0. The van der Waals surface area contributed by atoms with Crippen molar-refractivity contribution in [2.75, 3.05) is 0 Å². The van der Waals surface area contributed by atoms with Crippen molar-refractivity contribution in [1.29, 1.82) is 0 Å². The molecule has 0 aliphatic carbocycles. The van der Waals surface area contributed by atoms with Crippen LogP contribution >= 0.6 is 0 Å². The van der Waals surface area contributed by atoms with Gasteiger partial charge in [-0.1, -0.05) is 32.0 Å². The van der Waals surface area contributed by atoms with Crippen molar-refractivity contribution < 1.29 is 8.78 Å². The van der Waals surface area contributed by atoms with Gasteiger partial charge in [0.05, 0.1) is 0 Å². The molecule has 2 atom stereocenters. The highest BCUT2D eigenvalue weighted by Gasteiger charge is 2.11. The van der Waals surface area contributed by atoms with Crippen LogP contribution in [0.4, 0.5) is 8.78 Å². The van der Waals surface area contributed by atoms with Gasteiger partial charge < -0.3 is 0 Å². The molecule has 0 nitrogen and oxygen atoms in total. The fourth-order valence-electron chi connectivity index (χ4n) is 1.42. The second kappa shape index (κ2) is 5.08. The van der Waals surface area contributed by atoms with Gasteiger partial charge in [0.25, 0.3) is 0 Å². The first kappa shape index (κ1) is 11.2. The monoisotopic (exact) mass is 198 g/mol. The maximum Gasteiger partial charge on any atom is 0.125 e. The van der Waals surface area contributed by atoms with Crippen LogP contribution in [-0.4, -0.2) is 0 Å². The maximum absolute atomic E-state index is 13.3. The van der Waals surface area contributed by atoms with E-state index < -0.39 is 12.3 Å². The van der Waals surface area contributed by atoms with Gasteiger partial charge in [0.1, 0.15) is 12.3 Å². The van der Waals surface area contributed by atoms with Gasteiger partial charge in [0, 0.05) is 0 Å². The van der Waals surface area contributed by atoms with Crippen molar-refractivity contribution >= 4 is 0 Å². The van der Waals surface area contributed by atoms with E-state index in [1.807, 2.05) is 0 Å². The molecule has 0 fully saturated rings. The van der Waals surface area contributed by atoms with Crippen molar-refractivity contribution in [3.05, 3.63) is 35.4 Å². The van der Waals surface area contributed by atoms with Gasteiger partial charge in [-0.25, -0.2) is 8.78 Å². The molecule has 0 spiro atoms. The zero-order valence-electron chi connectivity index (χ0n) is 8.63. The summed E-state index contributed by atoms with van der Waals surface area (Å²) in [6.45, 7) is 3.56. The molecule has 0 amide bonds. The number of hydrogen-bond donors (Lipinski definition) is 0. The van der Waals surface area contributed by atoms with Crippen molar-refractivity contribution in [1.82, 2.24) is 0 Å². The number of benzene rings is 1. The van der Waals surface area contributed by atoms with E-state index in [0.717, 1.165) is 0 Å². The van der Waals surface area contributed by atoms with Gasteiger partial charge in [-0.3, -0.25) is 0 Å². The minimum atomic E-state index is -0.973. The molecule has 2 heteroatoms. The van der Waals surface area contributed by atoms with E-state index in [1.165, 1.54) is 0 Å². The quantitative estimate of drug-likeness (QED) is 0.666. The van der Waals surface area contributed by atoms with E-state index in [0.29, 0.717) is 24.0 Å². The van der Waals surface area contributed by atoms with E-state index in [9.17, 15) is 8.78 Å². The standard InChI is InChI=1S/C12H16F2/c1-3-11(13)9-6-5-7-10(8-9)12(14)4-2/h5-8,11-12H,3-4H2,1-2H3. The van der Waals surface area contributed by atoms with E-state index in [2.05, 4.69) is 0 Å². The smallest absolute Gasteiger partial charge is 0.125 e. The van der Waals surface area contributed by atoms with Gasteiger partial charge in [-0.05, 0) is 30.0 Å². The van der Waals surface area contributed by atoms with Crippen LogP contribution in [0.2, 0.25) is 0 Å². The van der Waals surface area contributed by atoms with Crippen LogP contribution in [-0.2, 0) is 0 Å². The Labute approximate surface area is 84.0 Å². The molecule has 1 rings (SSSR count). The third-order valence-corrected chi connectivity index (χ3v) is 2.35. The van der Waals surface area contributed by atoms with E-state index >= 15 is 0 Å². The Balaban J connectivity index is 2.89. The minimum absolute atomic E-state index is 0.437. The minimum Gasteiger partial charge on any atom is -0.242 e. The molecule has 1 aromatic carbocycles. The largest absolute Gasteiger partial charge is 0.242 e. The first-order valence-corrected chi connectivity index (χ1v) is 5.07. The fraction of sp³-hybridized carbons (Fsp3) is 0.500. The number of halogens is 2. The lowest BCUT2D eigenvalue weighted by Crippen LogP contribution is -1.94. The Kier molecular flexibility index (Phi) is 4.05. The molecule has 0 saturated heterocycles. The van der Waals surface area contributed by atoms with Gasteiger partial charge in [-0.2, -0.15) is 0 Å². The molecule has 1 aromatic rings. The topological polar surface area (TPSA) is 0 Å². The first-order chi connectivity index (χ1) is 6.69. The second-order valence-corrected chi connectivity index (χ2v) is 3.42. The van der Waals surface area contributed by atoms with Crippen molar-refractivity contribution in [2.24, 2.45) is 0 Å². The zero-order chi connectivity index (χ0) is 10.6. The predicted octanol–water partition coefficient (Wildman–Crippen LogP) is 4.53. The lowest BCUT2D eigenvalue weighted by atomic mass is 10.0. The third-order valence-electron chi connectivity index (χ3n) is 2.35. The van der Waals surface area contributed by atoms with Crippen molar-refractivity contribution in [3.8, 4) is 0 Å². The summed E-state index contributed by atoms with van der Waals surface area (Å²) >= 11 is 0. The second-order valence-electron chi connectivity index (χ2n) is 3.42. The summed E-state index contributed by atoms with van der Waals surface area (Å²) in [5, 5.41) is 0. The average Bonchev–Trinajstić information content (AvgIpc) is 2.27. The SMILES string of the molecule is CCC(F)c1cccc(C(F)CC)c1. The van der Waals surface area contributed by atoms with Crippen LogP contribution in [0.3, 0.4) is 0 Å². The van der Waals surface area contributed by atoms with Crippen molar-refractivity contribution in [3.63, 3.8) is 0 Å². The summed E-state index contributed by atoms with van der Waals surface area (Å²) in [7, 11) is 0. The Morgan fingerprint density at radius 2 is 1.43 bits per heavy atom. The molecule has 0 heterocycles.